The summed E-state index contributed by atoms with van der Waals surface area (Å²) >= 11 is 13.2. The van der Waals surface area contributed by atoms with Crippen LogP contribution in [0.2, 0.25) is 10.0 Å². The van der Waals surface area contributed by atoms with Crippen LogP contribution in [0.4, 0.5) is 0 Å². The number of esters is 1. The fourth-order valence-electron chi connectivity index (χ4n) is 4.16. The number of morpholine rings is 1. The Labute approximate surface area is 233 Å². The molecule has 4 rings (SSSR count). The molecule has 2 aliphatic rings. The Morgan fingerprint density at radius 2 is 1.76 bits per heavy atom. The summed E-state index contributed by atoms with van der Waals surface area (Å²) in [5.74, 6) is 1.11. The molecule has 6 nitrogen and oxygen atoms in total. The Morgan fingerprint density at radius 3 is 2.27 bits per heavy atom. The number of methoxy groups -OCH3 is 1. The van der Waals surface area contributed by atoms with Gasteiger partial charge in [-0.05, 0) is 62.4 Å². The number of thioether (sulfide) groups is 1. The van der Waals surface area contributed by atoms with Crippen molar-refractivity contribution in [3.63, 3.8) is 0 Å². The molecule has 1 saturated carbocycles. The van der Waals surface area contributed by atoms with E-state index in [1.807, 2.05) is 59.5 Å². The summed E-state index contributed by atoms with van der Waals surface area (Å²) in [6, 6.07) is 16.7. The fourth-order valence-corrected chi connectivity index (χ4v) is 5.73. The van der Waals surface area contributed by atoms with Crippen LogP contribution in [0.3, 0.4) is 0 Å². The number of hydrogen-bond donors (Lipinski definition) is 1. The van der Waals surface area contributed by atoms with Crippen molar-refractivity contribution in [3.05, 3.63) is 70.2 Å². The van der Waals surface area contributed by atoms with Gasteiger partial charge in [0.25, 0.3) is 5.91 Å². The number of amides is 1. The van der Waals surface area contributed by atoms with Crippen molar-refractivity contribution < 1.29 is 24.2 Å². The van der Waals surface area contributed by atoms with Crippen LogP contribution in [0.15, 0.2) is 54.6 Å². The van der Waals surface area contributed by atoms with Gasteiger partial charge in [-0.25, -0.2) is 0 Å². The molecule has 0 spiro atoms. The Bertz CT molecular complexity index is 1010. The van der Waals surface area contributed by atoms with E-state index in [0.29, 0.717) is 23.3 Å². The Balaban J connectivity index is 0.000000468. The summed E-state index contributed by atoms with van der Waals surface area (Å²) in [7, 11) is 1.31. The lowest BCUT2D eigenvalue weighted by Crippen LogP contribution is -2.55. The molecule has 2 aromatic rings. The Kier molecular flexibility index (Phi) is 11.2. The molecule has 37 heavy (non-hydrogen) atoms. The van der Waals surface area contributed by atoms with Gasteiger partial charge in [-0.15, -0.1) is 0 Å². The van der Waals surface area contributed by atoms with Crippen molar-refractivity contribution in [2.24, 2.45) is 5.92 Å². The first-order chi connectivity index (χ1) is 17.6. The van der Waals surface area contributed by atoms with E-state index in [4.69, 9.17) is 32.7 Å². The molecule has 0 aromatic heterocycles. The molecule has 3 atom stereocenters. The highest BCUT2D eigenvalue weighted by atomic mass is 35.5. The average molecular weight is 569 g/mol. The number of benzene rings is 2. The van der Waals surface area contributed by atoms with E-state index in [0.717, 1.165) is 29.2 Å². The molecule has 2 fully saturated rings. The third-order valence-electron chi connectivity index (χ3n) is 6.16. The van der Waals surface area contributed by atoms with Crippen LogP contribution in [0, 0.1) is 5.92 Å². The summed E-state index contributed by atoms with van der Waals surface area (Å²) in [5.41, 5.74) is 0.193. The number of nitrogens with zero attached hydrogens (tertiary/aromatic N) is 1. The number of halogens is 2. The summed E-state index contributed by atoms with van der Waals surface area (Å²) in [6.07, 6.45) is 1.23. The highest BCUT2D eigenvalue weighted by molar-refractivity contribution is 7.99. The lowest BCUT2D eigenvalue weighted by Gasteiger charge is -2.44. The smallest absolute Gasteiger partial charge is 0.308 e. The van der Waals surface area contributed by atoms with Gasteiger partial charge in [0, 0.05) is 27.6 Å². The van der Waals surface area contributed by atoms with Crippen molar-refractivity contribution in [3.8, 4) is 0 Å². The molecular formula is C28H35Cl2NO5S. The van der Waals surface area contributed by atoms with Gasteiger partial charge in [0.05, 0.1) is 31.8 Å². The summed E-state index contributed by atoms with van der Waals surface area (Å²) in [4.78, 5) is 27.2. The van der Waals surface area contributed by atoms with E-state index in [9.17, 15) is 14.7 Å². The third-order valence-corrected chi connectivity index (χ3v) is 8.15. The van der Waals surface area contributed by atoms with E-state index in [-0.39, 0.29) is 24.4 Å². The topological polar surface area (TPSA) is 76.1 Å². The number of carbonyl (C=O) groups excluding carboxylic acids is 2. The van der Waals surface area contributed by atoms with E-state index in [1.165, 1.54) is 7.11 Å². The number of hydrogen-bond acceptors (Lipinski definition) is 6. The average Bonchev–Trinajstić information content (AvgIpc) is 3.70. The van der Waals surface area contributed by atoms with Gasteiger partial charge >= 0.3 is 5.97 Å². The normalized spacial score (nSPS) is 20.6. The van der Waals surface area contributed by atoms with Crippen molar-refractivity contribution in [2.75, 3.05) is 25.2 Å². The second kappa shape index (κ2) is 13.9. The van der Waals surface area contributed by atoms with E-state index >= 15 is 0 Å². The zero-order chi connectivity index (χ0) is 27.0. The van der Waals surface area contributed by atoms with Gasteiger partial charge in [-0.3, -0.25) is 9.59 Å². The monoisotopic (exact) mass is 567 g/mol. The molecule has 1 N–H and O–H groups in total. The summed E-state index contributed by atoms with van der Waals surface area (Å²) in [5, 5.41) is 11.5. The fraction of sp³-hybridized carbons (Fsp3) is 0.500. The maximum Gasteiger partial charge on any atom is 0.308 e. The highest BCUT2D eigenvalue weighted by Crippen LogP contribution is 2.42. The molecule has 1 amide bonds. The van der Waals surface area contributed by atoms with Gasteiger partial charge < -0.3 is 19.5 Å². The van der Waals surface area contributed by atoms with Gasteiger partial charge in [-0.1, -0.05) is 53.5 Å². The van der Waals surface area contributed by atoms with Gasteiger partial charge in [-0.2, -0.15) is 11.8 Å². The Hall–Kier alpha value is -1.77. The maximum atomic E-state index is 13.5. The third kappa shape index (κ3) is 9.48. The van der Waals surface area contributed by atoms with Crippen LogP contribution < -0.4 is 0 Å². The predicted molar refractivity (Wildman–Crippen MR) is 149 cm³/mol. The molecule has 202 valence electrons. The lowest BCUT2D eigenvalue weighted by molar-refractivity contribution is -0.169. The Morgan fingerprint density at radius 1 is 1.14 bits per heavy atom. The van der Waals surface area contributed by atoms with Crippen LogP contribution in [-0.2, 0) is 19.1 Å². The van der Waals surface area contributed by atoms with Crippen LogP contribution >= 0.6 is 35.0 Å². The quantitative estimate of drug-likeness (QED) is 0.386. The van der Waals surface area contributed by atoms with Crippen molar-refractivity contribution in [2.45, 2.75) is 56.9 Å². The zero-order valence-electron chi connectivity index (χ0n) is 21.4. The first-order valence-electron chi connectivity index (χ1n) is 12.4. The van der Waals surface area contributed by atoms with Gasteiger partial charge in [0.2, 0.25) is 0 Å². The number of rotatable bonds is 9. The second-order valence-electron chi connectivity index (χ2n) is 9.94. The van der Waals surface area contributed by atoms with Crippen molar-refractivity contribution in [1.82, 2.24) is 4.90 Å². The zero-order valence-corrected chi connectivity index (χ0v) is 23.8. The molecule has 1 saturated heterocycles. The highest BCUT2D eigenvalue weighted by Gasteiger charge is 2.46. The molecule has 1 aliphatic carbocycles. The van der Waals surface area contributed by atoms with Gasteiger partial charge in [0.1, 0.15) is 6.10 Å². The second-order valence-corrected chi connectivity index (χ2v) is 11.8. The lowest BCUT2D eigenvalue weighted by atomic mass is 9.98. The largest absolute Gasteiger partial charge is 0.469 e. The number of carbonyl (C=O) groups is 2. The van der Waals surface area contributed by atoms with Crippen LogP contribution in [0.25, 0.3) is 0 Å². The standard InChI is InChI=1S/C22H30ClNO5S.C6H5Cl/c1-22(2,27)13-30-12-18(15-4-5-15)24-17(14-6-8-16(23)9-7-14)11-29-19(21(24)26)10-20(25)28-3;7-6-4-2-1-3-5-6/h6-9,15,17-19,27H,4-5,10-13H2,1-3H3;1-5H. The molecule has 1 heterocycles. The first-order valence-corrected chi connectivity index (χ1v) is 14.3. The molecule has 9 heteroatoms. The molecule has 2 aromatic carbocycles. The van der Waals surface area contributed by atoms with E-state index < -0.39 is 17.7 Å². The molecule has 1 aliphatic heterocycles. The predicted octanol–water partition coefficient (Wildman–Crippen LogP) is 5.79. The minimum Gasteiger partial charge on any atom is -0.469 e. The van der Waals surface area contributed by atoms with Crippen LogP contribution in [-0.4, -0.2) is 64.9 Å². The van der Waals surface area contributed by atoms with Crippen LogP contribution in [0.5, 0.6) is 0 Å². The number of aliphatic hydroxyl groups is 1. The molecule has 0 bridgehead atoms. The maximum absolute atomic E-state index is 13.5. The molecule has 3 unspecified atom stereocenters. The SMILES string of the molecule is COC(=O)CC1OCC(c2ccc(Cl)cc2)N(C(CSCC(C)(C)O)C2CC2)C1=O.Clc1ccccc1. The first kappa shape index (κ1) is 29.8. The number of ether oxygens (including phenoxy) is 2. The molecule has 0 radical (unpaired) electrons. The van der Waals surface area contributed by atoms with E-state index in [1.54, 1.807) is 25.6 Å². The van der Waals surface area contributed by atoms with Crippen molar-refractivity contribution >= 4 is 46.8 Å². The van der Waals surface area contributed by atoms with Gasteiger partial charge in [0.15, 0.2) is 0 Å². The summed E-state index contributed by atoms with van der Waals surface area (Å²) in [6.45, 7) is 3.89. The minimum atomic E-state index is -0.832. The summed E-state index contributed by atoms with van der Waals surface area (Å²) < 4.78 is 10.6. The molecular weight excluding hydrogens is 533 g/mol. The van der Waals surface area contributed by atoms with E-state index in [2.05, 4.69) is 0 Å². The van der Waals surface area contributed by atoms with Crippen LogP contribution in [0.1, 0.15) is 44.7 Å². The van der Waals surface area contributed by atoms with Crippen molar-refractivity contribution in [1.29, 1.82) is 0 Å². The minimum absolute atomic E-state index is 0.0228.